The van der Waals surface area contributed by atoms with Crippen molar-refractivity contribution in [3.63, 3.8) is 0 Å². The molecule has 0 radical (unpaired) electrons. The van der Waals surface area contributed by atoms with Crippen LogP contribution in [-0.4, -0.2) is 66.1 Å². The van der Waals surface area contributed by atoms with Crippen LogP contribution in [0.25, 0.3) is 0 Å². The highest BCUT2D eigenvalue weighted by Crippen LogP contribution is 2.11. The first kappa shape index (κ1) is 16.3. The normalized spacial score (nSPS) is 20.9. The zero-order valence-electron chi connectivity index (χ0n) is 13.9. The number of nitrogens with one attached hydrogen (secondary N) is 1. The number of piperazine rings is 1. The molecule has 1 aliphatic rings. The van der Waals surface area contributed by atoms with E-state index in [4.69, 9.17) is 4.98 Å². The third-order valence-electron chi connectivity index (χ3n) is 4.08. The van der Waals surface area contributed by atoms with Crippen LogP contribution in [0.15, 0.2) is 6.07 Å². The maximum absolute atomic E-state index is 4.74. The van der Waals surface area contributed by atoms with Crippen molar-refractivity contribution in [1.29, 1.82) is 0 Å². The van der Waals surface area contributed by atoms with Crippen molar-refractivity contribution in [3.8, 4) is 0 Å². The Kier molecular flexibility index (Phi) is 6.08. The fourth-order valence-corrected chi connectivity index (χ4v) is 2.81. The summed E-state index contributed by atoms with van der Waals surface area (Å²) in [5, 5.41) is 3.42. The molecule has 0 amide bonds. The van der Waals surface area contributed by atoms with E-state index in [1.807, 2.05) is 0 Å². The Bertz CT molecular complexity index is 448. The third kappa shape index (κ3) is 5.02. The lowest BCUT2D eigenvalue weighted by molar-refractivity contribution is 0.113. The molecule has 1 unspecified atom stereocenters. The highest BCUT2D eigenvalue weighted by Gasteiger charge is 2.23. The van der Waals surface area contributed by atoms with Gasteiger partial charge in [-0.05, 0) is 40.1 Å². The number of likely N-dealkylation sites (N-methyl/N-ethyl adjacent to an activating group) is 2. The minimum absolute atomic E-state index is 0.516. The number of aromatic nitrogens is 2. The minimum atomic E-state index is 0.516. The van der Waals surface area contributed by atoms with Gasteiger partial charge in [0, 0.05) is 44.3 Å². The SMILES string of the molecule is CCCNCc1cc(C)nc(CC2CN(C)CCN2C)n1. The molecule has 0 aliphatic carbocycles. The third-order valence-corrected chi connectivity index (χ3v) is 4.08. The Morgan fingerprint density at radius 1 is 1.29 bits per heavy atom. The van der Waals surface area contributed by atoms with E-state index < -0.39 is 0 Å². The molecule has 21 heavy (non-hydrogen) atoms. The van der Waals surface area contributed by atoms with Gasteiger partial charge in [0.05, 0.1) is 5.69 Å². The molecular formula is C16H29N5. The van der Waals surface area contributed by atoms with E-state index >= 15 is 0 Å². The predicted molar refractivity (Wildman–Crippen MR) is 86.4 cm³/mol. The maximum atomic E-state index is 4.74. The van der Waals surface area contributed by atoms with Crippen LogP contribution in [0.5, 0.6) is 0 Å². The van der Waals surface area contributed by atoms with Crippen LogP contribution in [0, 0.1) is 6.92 Å². The summed E-state index contributed by atoms with van der Waals surface area (Å²) in [6.45, 7) is 9.48. The molecule has 5 heteroatoms. The van der Waals surface area contributed by atoms with Gasteiger partial charge in [0.25, 0.3) is 0 Å². The van der Waals surface area contributed by atoms with Gasteiger partial charge in [-0.1, -0.05) is 6.92 Å². The fourth-order valence-electron chi connectivity index (χ4n) is 2.81. The van der Waals surface area contributed by atoms with E-state index in [0.29, 0.717) is 6.04 Å². The Hall–Kier alpha value is -1.04. The second-order valence-electron chi connectivity index (χ2n) is 6.19. The Balaban J connectivity index is 2.01. The average Bonchev–Trinajstić information content (AvgIpc) is 2.43. The zero-order valence-corrected chi connectivity index (χ0v) is 13.9. The van der Waals surface area contributed by atoms with Crippen LogP contribution in [0.3, 0.4) is 0 Å². The molecule has 1 saturated heterocycles. The molecule has 2 heterocycles. The summed E-state index contributed by atoms with van der Waals surface area (Å²) in [6.07, 6.45) is 2.08. The van der Waals surface area contributed by atoms with E-state index in [9.17, 15) is 0 Å². The summed E-state index contributed by atoms with van der Waals surface area (Å²) in [7, 11) is 4.40. The van der Waals surface area contributed by atoms with Crippen molar-refractivity contribution in [2.24, 2.45) is 0 Å². The monoisotopic (exact) mass is 291 g/mol. The average molecular weight is 291 g/mol. The summed E-state index contributed by atoms with van der Waals surface area (Å²) in [6, 6.07) is 2.60. The van der Waals surface area contributed by atoms with Crippen LogP contribution in [0.4, 0.5) is 0 Å². The van der Waals surface area contributed by atoms with Crippen molar-refractivity contribution >= 4 is 0 Å². The summed E-state index contributed by atoms with van der Waals surface area (Å²) in [5.41, 5.74) is 2.18. The fraction of sp³-hybridized carbons (Fsp3) is 0.750. The predicted octanol–water partition coefficient (Wildman–Crippen LogP) is 1.07. The van der Waals surface area contributed by atoms with E-state index in [2.05, 4.69) is 54.1 Å². The topological polar surface area (TPSA) is 44.3 Å². The molecule has 1 N–H and O–H groups in total. The van der Waals surface area contributed by atoms with Crippen molar-refractivity contribution in [3.05, 3.63) is 23.3 Å². The van der Waals surface area contributed by atoms with Crippen LogP contribution >= 0.6 is 0 Å². The van der Waals surface area contributed by atoms with Crippen molar-refractivity contribution in [2.45, 2.75) is 39.3 Å². The number of hydrogen-bond donors (Lipinski definition) is 1. The Labute approximate surface area is 128 Å². The van der Waals surface area contributed by atoms with Crippen molar-refractivity contribution in [2.75, 3.05) is 40.3 Å². The van der Waals surface area contributed by atoms with Gasteiger partial charge < -0.3 is 15.1 Å². The molecule has 1 aromatic rings. The minimum Gasteiger partial charge on any atom is -0.311 e. The number of hydrogen-bond acceptors (Lipinski definition) is 5. The van der Waals surface area contributed by atoms with Crippen LogP contribution in [0.2, 0.25) is 0 Å². The quantitative estimate of drug-likeness (QED) is 0.795. The molecule has 0 spiro atoms. The molecule has 1 aromatic heterocycles. The second-order valence-corrected chi connectivity index (χ2v) is 6.19. The Morgan fingerprint density at radius 3 is 2.86 bits per heavy atom. The number of aryl methyl sites for hydroxylation is 1. The first-order valence-corrected chi connectivity index (χ1v) is 8.01. The van der Waals surface area contributed by atoms with E-state index in [1.54, 1.807) is 0 Å². The van der Waals surface area contributed by atoms with E-state index in [0.717, 1.165) is 62.8 Å². The summed E-state index contributed by atoms with van der Waals surface area (Å²) < 4.78 is 0. The van der Waals surface area contributed by atoms with E-state index in [-0.39, 0.29) is 0 Å². The molecule has 118 valence electrons. The first-order valence-electron chi connectivity index (χ1n) is 8.01. The summed E-state index contributed by atoms with van der Waals surface area (Å²) >= 11 is 0. The van der Waals surface area contributed by atoms with Gasteiger partial charge in [-0.15, -0.1) is 0 Å². The van der Waals surface area contributed by atoms with Crippen molar-refractivity contribution in [1.82, 2.24) is 25.1 Å². The van der Waals surface area contributed by atoms with Gasteiger partial charge in [-0.25, -0.2) is 9.97 Å². The van der Waals surface area contributed by atoms with Crippen LogP contribution in [0.1, 0.15) is 30.6 Å². The highest BCUT2D eigenvalue weighted by molar-refractivity contribution is 5.11. The Morgan fingerprint density at radius 2 is 2.10 bits per heavy atom. The smallest absolute Gasteiger partial charge is 0.130 e. The highest BCUT2D eigenvalue weighted by atomic mass is 15.3. The number of rotatable bonds is 6. The van der Waals surface area contributed by atoms with E-state index in [1.165, 1.54) is 0 Å². The molecule has 0 aromatic carbocycles. The molecule has 5 nitrogen and oxygen atoms in total. The van der Waals surface area contributed by atoms with Crippen LogP contribution in [-0.2, 0) is 13.0 Å². The maximum Gasteiger partial charge on any atom is 0.130 e. The van der Waals surface area contributed by atoms with Gasteiger partial charge in [0.2, 0.25) is 0 Å². The standard InChI is InChI=1S/C16H29N5/c1-5-6-17-11-14-9-13(2)18-16(19-14)10-15-12-20(3)7-8-21(15)4/h9,15,17H,5-8,10-12H2,1-4H3. The lowest BCUT2D eigenvalue weighted by Gasteiger charge is -2.37. The molecule has 0 saturated carbocycles. The van der Waals surface area contributed by atoms with Crippen LogP contribution < -0.4 is 5.32 Å². The largest absolute Gasteiger partial charge is 0.311 e. The molecular weight excluding hydrogens is 262 g/mol. The van der Waals surface area contributed by atoms with Crippen molar-refractivity contribution < 1.29 is 0 Å². The van der Waals surface area contributed by atoms with Gasteiger partial charge in [0.15, 0.2) is 0 Å². The lowest BCUT2D eigenvalue weighted by Crippen LogP contribution is -2.51. The summed E-state index contributed by atoms with van der Waals surface area (Å²) in [4.78, 5) is 14.2. The molecule has 1 atom stereocenters. The van der Waals surface area contributed by atoms with Gasteiger partial charge in [0.1, 0.15) is 5.82 Å². The molecule has 1 aliphatic heterocycles. The first-order chi connectivity index (χ1) is 10.1. The lowest BCUT2D eigenvalue weighted by atomic mass is 10.1. The number of nitrogens with zero attached hydrogens (tertiary/aromatic N) is 4. The van der Waals surface area contributed by atoms with Gasteiger partial charge >= 0.3 is 0 Å². The second kappa shape index (κ2) is 7.82. The summed E-state index contributed by atoms with van der Waals surface area (Å²) in [5.74, 6) is 0.982. The van der Waals surface area contributed by atoms with Gasteiger partial charge in [-0.2, -0.15) is 0 Å². The zero-order chi connectivity index (χ0) is 15.2. The molecule has 0 bridgehead atoms. The van der Waals surface area contributed by atoms with Gasteiger partial charge in [-0.3, -0.25) is 0 Å². The molecule has 2 rings (SSSR count). The molecule has 1 fully saturated rings.